The van der Waals surface area contributed by atoms with E-state index in [2.05, 4.69) is 21.9 Å². The van der Waals surface area contributed by atoms with Gasteiger partial charge < -0.3 is 14.6 Å². The lowest BCUT2D eigenvalue weighted by Crippen LogP contribution is -2.46. The zero-order valence-electron chi connectivity index (χ0n) is 18.2. The van der Waals surface area contributed by atoms with Crippen LogP contribution in [-0.4, -0.2) is 69.9 Å². The second-order valence-corrected chi connectivity index (χ2v) is 8.43. The number of rotatable bonds is 3. The molecule has 160 valence electrons. The Kier molecular flexibility index (Phi) is 4.55. The van der Waals surface area contributed by atoms with Crippen molar-refractivity contribution in [1.82, 2.24) is 24.8 Å². The standard InChI is InChI=1S/C23H25N5O3/c1-12-5-8-24-21(31-4)17(12)20-25-16-11-15-18(13(2)19(16)26-20)23(30)28(22(15)29)14-6-9-27(3)10-7-14/h5,8,11,14H,6-7,9-10H2,1-4H3,(H,25,26). The quantitative estimate of drug-likeness (QED) is 0.657. The molecule has 4 heterocycles. The number of fused-ring (bicyclic) bond motifs is 2. The highest BCUT2D eigenvalue weighted by molar-refractivity contribution is 6.24. The Hall–Kier alpha value is -3.26. The maximum Gasteiger partial charge on any atom is 0.262 e. The van der Waals surface area contributed by atoms with E-state index >= 15 is 0 Å². The molecule has 1 saturated heterocycles. The van der Waals surface area contributed by atoms with Gasteiger partial charge >= 0.3 is 0 Å². The van der Waals surface area contributed by atoms with Crippen molar-refractivity contribution in [2.75, 3.05) is 27.2 Å². The average Bonchev–Trinajstić information content (AvgIpc) is 3.28. The predicted octanol–water partition coefficient (Wildman–Crippen LogP) is 2.94. The monoisotopic (exact) mass is 419 g/mol. The molecule has 2 amide bonds. The number of hydrogen-bond donors (Lipinski definition) is 1. The van der Waals surface area contributed by atoms with Crippen molar-refractivity contribution in [3.63, 3.8) is 0 Å². The Morgan fingerprint density at radius 2 is 1.87 bits per heavy atom. The molecule has 8 nitrogen and oxygen atoms in total. The van der Waals surface area contributed by atoms with E-state index in [-0.39, 0.29) is 17.9 Å². The highest BCUT2D eigenvalue weighted by Crippen LogP contribution is 2.36. The molecular formula is C23H25N5O3. The van der Waals surface area contributed by atoms with E-state index < -0.39 is 0 Å². The Morgan fingerprint density at radius 3 is 2.58 bits per heavy atom. The lowest BCUT2D eigenvalue weighted by Gasteiger charge is -2.33. The molecule has 1 fully saturated rings. The number of nitrogens with one attached hydrogen (secondary N) is 1. The van der Waals surface area contributed by atoms with Gasteiger partial charge in [0.15, 0.2) is 0 Å². The Balaban J connectivity index is 1.60. The second-order valence-electron chi connectivity index (χ2n) is 8.43. The van der Waals surface area contributed by atoms with Gasteiger partial charge in [0.2, 0.25) is 5.88 Å². The molecule has 0 saturated carbocycles. The van der Waals surface area contributed by atoms with Crippen molar-refractivity contribution in [2.45, 2.75) is 32.7 Å². The van der Waals surface area contributed by atoms with Crippen LogP contribution >= 0.6 is 0 Å². The first-order valence-corrected chi connectivity index (χ1v) is 10.5. The number of carbonyl (C=O) groups is 2. The molecule has 2 aromatic heterocycles. The zero-order valence-corrected chi connectivity index (χ0v) is 18.2. The highest BCUT2D eigenvalue weighted by Gasteiger charge is 2.42. The minimum atomic E-state index is -0.203. The van der Waals surface area contributed by atoms with Crippen LogP contribution in [0.25, 0.3) is 22.4 Å². The van der Waals surface area contributed by atoms with Crippen LogP contribution in [0.3, 0.4) is 0 Å². The number of aryl methyl sites for hydroxylation is 2. The normalized spacial score (nSPS) is 17.6. The summed E-state index contributed by atoms with van der Waals surface area (Å²) in [6, 6.07) is 3.61. The fourth-order valence-electron chi connectivity index (χ4n) is 4.78. The number of pyridine rings is 1. The minimum Gasteiger partial charge on any atom is -0.480 e. The Labute approximate surface area is 180 Å². The molecule has 8 heteroatoms. The molecule has 0 unspecified atom stereocenters. The number of likely N-dealkylation sites (tertiary alicyclic amines) is 1. The second kappa shape index (κ2) is 7.16. The fourth-order valence-corrected chi connectivity index (χ4v) is 4.78. The first kappa shape index (κ1) is 19.7. The third-order valence-electron chi connectivity index (χ3n) is 6.51. The maximum atomic E-state index is 13.3. The summed E-state index contributed by atoms with van der Waals surface area (Å²) in [5.41, 5.74) is 4.81. The van der Waals surface area contributed by atoms with Gasteiger partial charge in [-0.15, -0.1) is 0 Å². The molecule has 0 aliphatic carbocycles. The largest absolute Gasteiger partial charge is 0.480 e. The van der Waals surface area contributed by atoms with Crippen molar-refractivity contribution in [1.29, 1.82) is 0 Å². The van der Waals surface area contributed by atoms with Gasteiger partial charge in [0.25, 0.3) is 11.8 Å². The fraction of sp³-hybridized carbons (Fsp3) is 0.391. The smallest absolute Gasteiger partial charge is 0.262 e. The molecule has 1 N–H and O–H groups in total. The van der Waals surface area contributed by atoms with Gasteiger partial charge in [-0.05, 0) is 70.1 Å². The summed E-state index contributed by atoms with van der Waals surface area (Å²) in [6.07, 6.45) is 3.30. The van der Waals surface area contributed by atoms with E-state index in [0.717, 1.165) is 48.1 Å². The number of methoxy groups -OCH3 is 1. The van der Waals surface area contributed by atoms with Crippen LogP contribution in [0.1, 0.15) is 44.7 Å². The number of H-pyrrole nitrogens is 1. The highest BCUT2D eigenvalue weighted by atomic mass is 16.5. The molecule has 2 aliphatic rings. The summed E-state index contributed by atoms with van der Waals surface area (Å²) in [7, 11) is 3.64. The van der Waals surface area contributed by atoms with Crippen LogP contribution in [0, 0.1) is 13.8 Å². The number of benzene rings is 1. The number of piperidine rings is 1. The van der Waals surface area contributed by atoms with Crippen LogP contribution in [0.5, 0.6) is 5.88 Å². The van der Waals surface area contributed by atoms with Gasteiger partial charge in [-0.2, -0.15) is 0 Å². The van der Waals surface area contributed by atoms with Gasteiger partial charge in [-0.3, -0.25) is 14.5 Å². The van der Waals surface area contributed by atoms with E-state index in [4.69, 9.17) is 9.72 Å². The predicted molar refractivity (Wildman–Crippen MR) is 116 cm³/mol. The van der Waals surface area contributed by atoms with Crippen LogP contribution in [0.4, 0.5) is 0 Å². The molecular weight excluding hydrogens is 394 g/mol. The Bertz CT molecular complexity index is 1220. The first-order chi connectivity index (χ1) is 14.9. The SMILES string of the molecule is COc1nccc(C)c1-c1nc2c(C)c3c(cc2[nH]1)C(=O)N(C1CCN(C)CC1)C3=O. The third-order valence-corrected chi connectivity index (χ3v) is 6.51. The van der Waals surface area contributed by atoms with Gasteiger partial charge in [-0.1, -0.05) is 0 Å². The number of ether oxygens (including phenoxy) is 1. The number of amides is 2. The van der Waals surface area contributed by atoms with Gasteiger partial charge in [0.1, 0.15) is 5.82 Å². The van der Waals surface area contributed by atoms with Crippen LogP contribution in [0.15, 0.2) is 18.3 Å². The Morgan fingerprint density at radius 1 is 1.13 bits per heavy atom. The number of carbonyl (C=O) groups excluding carboxylic acids is 2. The summed E-state index contributed by atoms with van der Waals surface area (Å²) in [6.45, 7) is 5.60. The number of aromatic amines is 1. The van der Waals surface area contributed by atoms with E-state index in [0.29, 0.717) is 28.3 Å². The molecule has 3 aromatic rings. The number of aromatic nitrogens is 3. The molecule has 0 spiro atoms. The van der Waals surface area contributed by atoms with Crippen LogP contribution in [-0.2, 0) is 0 Å². The summed E-state index contributed by atoms with van der Waals surface area (Å²) in [5, 5.41) is 0. The maximum absolute atomic E-state index is 13.3. The first-order valence-electron chi connectivity index (χ1n) is 10.5. The number of imidazole rings is 1. The molecule has 5 rings (SSSR count). The zero-order chi connectivity index (χ0) is 21.9. The van der Waals surface area contributed by atoms with Gasteiger partial charge in [0, 0.05) is 12.2 Å². The van der Waals surface area contributed by atoms with E-state index in [1.165, 1.54) is 4.90 Å². The molecule has 0 atom stereocenters. The minimum absolute atomic E-state index is 0.0489. The molecule has 0 bridgehead atoms. The number of imide groups is 1. The van der Waals surface area contributed by atoms with E-state index in [1.807, 2.05) is 19.9 Å². The van der Waals surface area contributed by atoms with Gasteiger partial charge in [-0.25, -0.2) is 9.97 Å². The summed E-state index contributed by atoms with van der Waals surface area (Å²) in [4.78, 5) is 42.6. The molecule has 1 aromatic carbocycles. The van der Waals surface area contributed by atoms with Crippen molar-refractivity contribution >= 4 is 22.8 Å². The average molecular weight is 419 g/mol. The molecule has 2 aliphatic heterocycles. The lowest BCUT2D eigenvalue weighted by molar-refractivity contribution is 0.0516. The van der Waals surface area contributed by atoms with E-state index in [1.54, 1.807) is 19.4 Å². The number of hydrogen-bond acceptors (Lipinski definition) is 6. The molecule has 0 radical (unpaired) electrons. The van der Waals surface area contributed by atoms with Crippen LogP contribution in [0.2, 0.25) is 0 Å². The van der Waals surface area contributed by atoms with Crippen molar-refractivity contribution < 1.29 is 14.3 Å². The summed E-state index contributed by atoms with van der Waals surface area (Å²) < 4.78 is 5.42. The van der Waals surface area contributed by atoms with Crippen molar-refractivity contribution in [2.24, 2.45) is 0 Å². The van der Waals surface area contributed by atoms with Crippen molar-refractivity contribution in [3.05, 3.63) is 40.6 Å². The summed E-state index contributed by atoms with van der Waals surface area (Å²) >= 11 is 0. The lowest BCUT2D eigenvalue weighted by atomic mass is 10.0. The van der Waals surface area contributed by atoms with Crippen LogP contribution < -0.4 is 4.74 Å². The number of nitrogens with zero attached hydrogens (tertiary/aromatic N) is 4. The summed E-state index contributed by atoms with van der Waals surface area (Å²) in [5.74, 6) is 0.681. The van der Waals surface area contributed by atoms with E-state index in [9.17, 15) is 9.59 Å². The van der Waals surface area contributed by atoms with Crippen molar-refractivity contribution in [3.8, 4) is 17.3 Å². The third kappa shape index (κ3) is 2.93. The topological polar surface area (TPSA) is 91.4 Å². The molecule has 31 heavy (non-hydrogen) atoms. The van der Waals surface area contributed by atoms with Gasteiger partial charge in [0.05, 0.1) is 34.8 Å².